The van der Waals surface area contributed by atoms with Crippen LogP contribution in [-0.4, -0.2) is 50.3 Å². The smallest absolute Gasteiger partial charge is 0.254 e. The molecule has 0 aromatic heterocycles. The maximum atomic E-state index is 12.8. The first-order valence-corrected chi connectivity index (χ1v) is 9.47. The Hall–Kier alpha value is -2.60. The standard InChI is InChI=1S/C23H24N2O3.ClH/c1-27-21-9-8-19-12-18(6-7-20(19)13-21)16-2-4-17(5-3-16)23(26)25-10-11-28-22(14-24)15-25;/h2-9,12-13,22H,10-11,14-15,24H2,1H3;1H. The highest BCUT2D eigenvalue weighted by Crippen LogP contribution is 2.27. The van der Waals surface area contributed by atoms with Crippen molar-refractivity contribution < 1.29 is 14.3 Å². The van der Waals surface area contributed by atoms with Crippen molar-refractivity contribution in [2.75, 3.05) is 33.4 Å². The molecule has 1 aliphatic rings. The van der Waals surface area contributed by atoms with Crippen LogP contribution < -0.4 is 10.5 Å². The van der Waals surface area contributed by atoms with Crippen LogP contribution in [0.2, 0.25) is 0 Å². The zero-order valence-electron chi connectivity index (χ0n) is 16.3. The maximum Gasteiger partial charge on any atom is 0.254 e. The number of ether oxygens (including phenoxy) is 2. The topological polar surface area (TPSA) is 64.8 Å². The number of morpholine rings is 1. The normalized spacial score (nSPS) is 16.3. The fraction of sp³-hybridized carbons (Fsp3) is 0.261. The molecule has 1 heterocycles. The summed E-state index contributed by atoms with van der Waals surface area (Å²) in [6.45, 7) is 2.11. The minimum absolute atomic E-state index is 0. The zero-order chi connectivity index (χ0) is 19.5. The summed E-state index contributed by atoms with van der Waals surface area (Å²) in [5, 5.41) is 2.29. The van der Waals surface area contributed by atoms with Gasteiger partial charge in [0.2, 0.25) is 0 Å². The van der Waals surface area contributed by atoms with E-state index >= 15 is 0 Å². The van der Waals surface area contributed by atoms with Gasteiger partial charge in [0.05, 0.1) is 19.8 Å². The zero-order valence-corrected chi connectivity index (χ0v) is 17.2. The van der Waals surface area contributed by atoms with Crippen LogP contribution in [-0.2, 0) is 4.74 Å². The van der Waals surface area contributed by atoms with Gasteiger partial charge in [0, 0.05) is 25.2 Å². The third kappa shape index (κ3) is 4.53. The van der Waals surface area contributed by atoms with Gasteiger partial charge in [0.25, 0.3) is 5.91 Å². The van der Waals surface area contributed by atoms with E-state index in [1.165, 1.54) is 0 Å². The van der Waals surface area contributed by atoms with E-state index in [1.54, 1.807) is 7.11 Å². The van der Waals surface area contributed by atoms with E-state index in [1.807, 2.05) is 41.3 Å². The number of fused-ring (bicyclic) bond motifs is 1. The van der Waals surface area contributed by atoms with Gasteiger partial charge < -0.3 is 20.1 Å². The van der Waals surface area contributed by atoms with Gasteiger partial charge in [-0.25, -0.2) is 0 Å². The molecule has 2 N–H and O–H groups in total. The van der Waals surface area contributed by atoms with Crippen molar-refractivity contribution in [3.63, 3.8) is 0 Å². The molecule has 0 spiro atoms. The van der Waals surface area contributed by atoms with E-state index < -0.39 is 0 Å². The third-order valence-corrected chi connectivity index (χ3v) is 5.20. The highest BCUT2D eigenvalue weighted by Gasteiger charge is 2.24. The van der Waals surface area contributed by atoms with Gasteiger partial charge in [0.1, 0.15) is 5.75 Å². The summed E-state index contributed by atoms with van der Waals surface area (Å²) in [5.74, 6) is 0.877. The molecule has 1 saturated heterocycles. The third-order valence-electron chi connectivity index (χ3n) is 5.20. The molecule has 0 radical (unpaired) electrons. The number of hydrogen-bond acceptors (Lipinski definition) is 4. The minimum atomic E-state index is -0.0757. The Labute approximate surface area is 176 Å². The van der Waals surface area contributed by atoms with Gasteiger partial charge in [-0.1, -0.05) is 30.3 Å². The predicted octanol–water partition coefficient (Wildman–Crippen LogP) is 3.74. The van der Waals surface area contributed by atoms with E-state index in [0.29, 0.717) is 31.8 Å². The highest BCUT2D eigenvalue weighted by molar-refractivity contribution is 5.95. The number of nitrogens with zero attached hydrogens (tertiary/aromatic N) is 1. The molecule has 152 valence electrons. The van der Waals surface area contributed by atoms with Crippen LogP contribution in [0.4, 0.5) is 0 Å². The largest absolute Gasteiger partial charge is 0.497 e. The molecule has 1 aliphatic heterocycles. The van der Waals surface area contributed by atoms with Crippen molar-refractivity contribution in [3.8, 4) is 16.9 Å². The molecule has 29 heavy (non-hydrogen) atoms. The van der Waals surface area contributed by atoms with Crippen LogP contribution in [0, 0.1) is 0 Å². The first-order chi connectivity index (χ1) is 13.7. The quantitative estimate of drug-likeness (QED) is 0.709. The average molecular weight is 413 g/mol. The monoisotopic (exact) mass is 412 g/mol. The van der Waals surface area contributed by atoms with Crippen LogP contribution >= 0.6 is 12.4 Å². The van der Waals surface area contributed by atoms with E-state index in [0.717, 1.165) is 27.6 Å². The molecular formula is C23H25ClN2O3. The molecule has 1 amide bonds. The summed E-state index contributed by atoms with van der Waals surface area (Å²) in [6, 6.07) is 20.2. The number of rotatable bonds is 4. The fourth-order valence-corrected chi connectivity index (χ4v) is 3.56. The van der Waals surface area contributed by atoms with Crippen molar-refractivity contribution in [2.24, 2.45) is 5.73 Å². The Morgan fingerprint density at radius 2 is 1.76 bits per heavy atom. The molecule has 6 heteroatoms. The summed E-state index contributed by atoms with van der Waals surface area (Å²) in [5.41, 5.74) is 8.56. The highest BCUT2D eigenvalue weighted by atomic mass is 35.5. The summed E-state index contributed by atoms with van der Waals surface area (Å²) in [4.78, 5) is 14.6. The lowest BCUT2D eigenvalue weighted by Gasteiger charge is -2.32. The number of halogens is 1. The molecular weight excluding hydrogens is 388 g/mol. The van der Waals surface area contributed by atoms with Crippen LogP contribution in [0.25, 0.3) is 21.9 Å². The van der Waals surface area contributed by atoms with Gasteiger partial charge in [-0.2, -0.15) is 0 Å². The van der Waals surface area contributed by atoms with Crippen molar-refractivity contribution in [1.29, 1.82) is 0 Å². The Morgan fingerprint density at radius 1 is 1.07 bits per heavy atom. The number of carbonyl (C=O) groups excluding carboxylic acids is 1. The Morgan fingerprint density at radius 3 is 2.48 bits per heavy atom. The second-order valence-corrected chi connectivity index (χ2v) is 6.98. The number of methoxy groups -OCH3 is 1. The van der Waals surface area contributed by atoms with Crippen molar-refractivity contribution in [1.82, 2.24) is 4.90 Å². The number of amides is 1. The van der Waals surface area contributed by atoms with Crippen LogP contribution in [0.3, 0.4) is 0 Å². The first kappa shape index (κ1) is 21.1. The number of carbonyl (C=O) groups is 1. The summed E-state index contributed by atoms with van der Waals surface area (Å²) >= 11 is 0. The van der Waals surface area contributed by atoms with Crippen LogP contribution in [0.1, 0.15) is 10.4 Å². The van der Waals surface area contributed by atoms with Gasteiger partial charge in [-0.3, -0.25) is 4.79 Å². The van der Waals surface area contributed by atoms with Gasteiger partial charge >= 0.3 is 0 Å². The molecule has 0 aliphatic carbocycles. The lowest BCUT2D eigenvalue weighted by Crippen LogP contribution is -2.48. The summed E-state index contributed by atoms with van der Waals surface area (Å²) in [7, 11) is 1.67. The summed E-state index contributed by atoms with van der Waals surface area (Å²) in [6.07, 6.45) is -0.0757. The summed E-state index contributed by atoms with van der Waals surface area (Å²) < 4.78 is 10.8. The second-order valence-electron chi connectivity index (χ2n) is 6.98. The molecule has 1 atom stereocenters. The first-order valence-electron chi connectivity index (χ1n) is 9.47. The lowest BCUT2D eigenvalue weighted by atomic mass is 10.00. The molecule has 1 fully saturated rings. The maximum absolute atomic E-state index is 12.8. The Bertz CT molecular complexity index is 991. The molecule has 5 nitrogen and oxygen atoms in total. The molecule has 4 rings (SSSR count). The Balaban J connectivity index is 0.00000240. The predicted molar refractivity (Wildman–Crippen MR) is 118 cm³/mol. The molecule has 1 unspecified atom stereocenters. The van der Waals surface area contributed by atoms with Gasteiger partial charge in [0.15, 0.2) is 0 Å². The lowest BCUT2D eigenvalue weighted by molar-refractivity contribution is -0.0167. The van der Waals surface area contributed by atoms with E-state index in [-0.39, 0.29) is 24.4 Å². The van der Waals surface area contributed by atoms with Gasteiger partial charge in [-0.15, -0.1) is 12.4 Å². The SMILES string of the molecule is COc1ccc2cc(-c3ccc(C(=O)N4CCOC(CN)C4)cc3)ccc2c1.Cl. The fourth-order valence-electron chi connectivity index (χ4n) is 3.56. The van der Waals surface area contributed by atoms with Crippen molar-refractivity contribution >= 4 is 29.1 Å². The van der Waals surface area contributed by atoms with Crippen molar-refractivity contribution in [3.05, 3.63) is 66.2 Å². The molecule has 0 saturated carbocycles. The van der Waals surface area contributed by atoms with Gasteiger partial charge in [-0.05, 0) is 52.2 Å². The minimum Gasteiger partial charge on any atom is -0.497 e. The van der Waals surface area contributed by atoms with Crippen LogP contribution in [0.5, 0.6) is 5.75 Å². The molecule has 3 aromatic carbocycles. The van der Waals surface area contributed by atoms with Crippen LogP contribution in [0.15, 0.2) is 60.7 Å². The molecule has 0 bridgehead atoms. The van der Waals surface area contributed by atoms with E-state index in [4.69, 9.17) is 15.2 Å². The second kappa shape index (κ2) is 9.27. The number of hydrogen-bond donors (Lipinski definition) is 1. The molecule has 3 aromatic rings. The van der Waals surface area contributed by atoms with Crippen molar-refractivity contribution in [2.45, 2.75) is 6.10 Å². The van der Waals surface area contributed by atoms with E-state index in [2.05, 4.69) is 24.3 Å². The number of nitrogens with two attached hydrogens (primary N) is 1. The average Bonchev–Trinajstić information content (AvgIpc) is 2.78. The number of benzene rings is 3. The Kier molecular flexibility index (Phi) is 6.75. The van der Waals surface area contributed by atoms with E-state index in [9.17, 15) is 4.79 Å².